The van der Waals surface area contributed by atoms with Gasteiger partial charge in [0.05, 0.1) is 0 Å². The van der Waals surface area contributed by atoms with Crippen molar-refractivity contribution in [2.75, 3.05) is 17.2 Å². The minimum atomic E-state index is -4.69. The zero-order valence-electron chi connectivity index (χ0n) is 12.3. The molecule has 0 atom stereocenters. The monoisotopic (exact) mass is 404 g/mol. The average Bonchev–Trinajstić information content (AvgIpc) is 2.49. The van der Waals surface area contributed by atoms with Gasteiger partial charge in [0.25, 0.3) is 0 Å². The minimum absolute atomic E-state index is 0.105. The molecule has 0 bridgehead atoms. The van der Waals surface area contributed by atoms with Crippen LogP contribution in [0, 0.1) is 6.92 Å². The molecule has 0 unspecified atom stereocenters. The first-order valence-corrected chi connectivity index (χ1v) is 7.40. The van der Waals surface area contributed by atoms with Crippen LogP contribution in [0.2, 0.25) is 0 Å². The van der Waals surface area contributed by atoms with Crippen LogP contribution in [0.15, 0.2) is 28.7 Å². The number of anilines is 3. The first-order valence-electron chi connectivity index (χ1n) is 6.61. The Balaban J connectivity index is 2.38. The van der Waals surface area contributed by atoms with Gasteiger partial charge < -0.3 is 15.7 Å². The second-order valence-electron chi connectivity index (χ2n) is 4.74. The fourth-order valence-electron chi connectivity index (χ4n) is 1.77. The lowest BCUT2D eigenvalue weighted by molar-refractivity contribution is -0.141. The van der Waals surface area contributed by atoms with Gasteiger partial charge in [0.2, 0.25) is 5.95 Å². The van der Waals surface area contributed by atoms with Gasteiger partial charge in [-0.25, -0.2) is 4.98 Å². The normalized spacial score (nSPS) is 11.2. The van der Waals surface area contributed by atoms with Crippen LogP contribution in [0.4, 0.5) is 30.6 Å². The van der Waals surface area contributed by atoms with Crippen molar-refractivity contribution >= 4 is 39.4 Å². The lowest BCUT2D eigenvalue weighted by atomic mass is 10.2. The van der Waals surface area contributed by atoms with E-state index in [0.29, 0.717) is 5.69 Å². The lowest BCUT2D eigenvalue weighted by Crippen LogP contribution is -2.17. The summed E-state index contributed by atoms with van der Waals surface area (Å²) >= 11 is 3.33. The number of aliphatic carboxylic acids is 1. The molecule has 0 fully saturated rings. The van der Waals surface area contributed by atoms with Gasteiger partial charge in [-0.2, -0.15) is 18.2 Å². The molecule has 2 aromatic rings. The van der Waals surface area contributed by atoms with Gasteiger partial charge in [-0.15, -0.1) is 0 Å². The van der Waals surface area contributed by atoms with Crippen LogP contribution in [0.1, 0.15) is 11.3 Å². The van der Waals surface area contributed by atoms with Crippen LogP contribution in [0.5, 0.6) is 0 Å². The molecule has 0 aliphatic rings. The molecule has 3 N–H and O–H groups in total. The minimum Gasteiger partial charge on any atom is -0.480 e. The predicted molar refractivity (Wildman–Crippen MR) is 85.3 cm³/mol. The van der Waals surface area contributed by atoms with Crippen LogP contribution in [-0.2, 0) is 11.0 Å². The number of halogens is 4. The van der Waals surface area contributed by atoms with E-state index in [1.165, 1.54) is 0 Å². The van der Waals surface area contributed by atoms with E-state index in [4.69, 9.17) is 5.11 Å². The van der Waals surface area contributed by atoms with E-state index in [0.717, 1.165) is 16.1 Å². The maximum absolute atomic E-state index is 13.0. The largest absolute Gasteiger partial charge is 0.480 e. The highest BCUT2D eigenvalue weighted by Gasteiger charge is 2.33. The van der Waals surface area contributed by atoms with Gasteiger partial charge in [-0.3, -0.25) is 4.79 Å². The molecule has 1 heterocycles. The van der Waals surface area contributed by atoms with E-state index in [1.54, 1.807) is 25.1 Å². The first kappa shape index (κ1) is 18.0. The third kappa shape index (κ3) is 4.57. The molecule has 0 radical (unpaired) electrons. The SMILES string of the molecule is Cc1c(Br)cccc1Nc1cc(C(F)(F)F)nc(NCC(=O)O)n1. The van der Waals surface area contributed by atoms with Crippen LogP contribution in [-0.4, -0.2) is 27.6 Å². The summed E-state index contributed by atoms with van der Waals surface area (Å²) in [7, 11) is 0. The van der Waals surface area contributed by atoms with Crippen molar-refractivity contribution in [2.45, 2.75) is 13.1 Å². The Labute approximate surface area is 143 Å². The van der Waals surface area contributed by atoms with Gasteiger partial charge in [-0.1, -0.05) is 22.0 Å². The summed E-state index contributed by atoms with van der Waals surface area (Å²) < 4.78 is 39.7. The molecule has 1 aromatic carbocycles. The number of aromatic nitrogens is 2. The summed E-state index contributed by atoms with van der Waals surface area (Å²) in [6.07, 6.45) is -4.69. The Morgan fingerprint density at radius 3 is 2.67 bits per heavy atom. The van der Waals surface area contributed by atoms with Gasteiger partial charge >= 0.3 is 12.1 Å². The second-order valence-corrected chi connectivity index (χ2v) is 5.60. The average molecular weight is 405 g/mol. The number of hydrogen-bond acceptors (Lipinski definition) is 5. The summed E-state index contributed by atoms with van der Waals surface area (Å²) in [5, 5.41) is 13.6. The van der Waals surface area contributed by atoms with Gasteiger partial charge in [-0.05, 0) is 24.6 Å². The van der Waals surface area contributed by atoms with Crippen LogP contribution in [0.3, 0.4) is 0 Å². The van der Waals surface area contributed by atoms with Crippen molar-refractivity contribution in [3.63, 3.8) is 0 Å². The van der Waals surface area contributed by atoms with Crippen molar-refractivity contribution in [3.8, 4) is 0 Å². The molecule has 0 saturated heterocycles. The Bertz CT molecular complexity index is 768. The van der Waals surface area contributed by atoms with E-state index >= 15 is 0 Å². The molecule has 0 saturated carbocycles. The summed E-state index contributed by atoms with van der Waals surface area (Å²) in [6.45, 7) is 1.18. The summed E-state index contributed by atoms with van der Waals surface area (Å²) in [5.74, 6) is -1.78. The molecule has 128 valence electrons. The van der Waals surface area contributed by atoms with E-state index in [2.05, 4.69) is 36.5 Å². The number of benzene rings is 1. The van der Waals surface area contributed by atoms with Crippen molar-refractivity contribution in [2.24, 2.45) is 0 Å². The van der Waals surface area contributed by atoms with Gasteiger partial charge in [0, 0.05) is 16.2 Å². The third-order valence-corrected chi connectivity index (χ3v) is 3.80. The lowest BCUT2D eigenvalue weighted by Gasteiger charge is -2.14. The van der Waals surface area contributed by atoms with Crippen molar-refractivity contribution in [1.82, 2.24) is 9.97 Å². The van der Waals surface area contributed by atoms with Crippen LogP contribution < -0.4 is 10.6 Å². The Hall–Kier alpha value is -2.36. The predicted octanol–water partition coefficient (Wildman–Crippen LogP) is 3.81. The Morgan fingerprint density at radius 1 is 1.33 bits per heavy atom. The van der Waals surface area contributed by atoms with E-state index in [-0.39, 0.29) is 5.82 Å². The molecular formula is C14H12BrF3N4O2. The highest BCUT2D eigenvalue weighted by Crippen LogP contribution is 2.31. The highest BCUT2D eigenvalue weighted by atomic mass is 79.9. The van der Waals surface area contributed by atoms with Crippen LogP contribution >= 0.6 is 15.9 Å². The maximum atomic E-state index is 13.0. The summed E-state index contributed by atoms with van der Waals surface area (Å²) in [4.78, 5) is 17.7. The number of carbonyl (C=O) groups is 1. The van der Waals surface area contributed by atoms with E-state index in [1.807, 2.05) is 0 Å². The summed E-state index contributed by atoms with van der Waals surface area (Å²) in [5.41, 5.74) is 0.158. The molecule has 0 spiro atoms. The smallest absolute Gasteiger partial charge is 0.433 e. The number of rotatable bonds is 5. The van der Waals surface area contributed by atoms with Crippen molar-refractivity contribution in [1.29, 1.82) is 0 Å². The number of carboxylic acids is 1. The molecule has 24 heavy (non-hydrogen) atoms. The number of nitrogens with one attached hydrogen (secondary N) is 2. The molecule has 0 aliphatic carbocycles. The molecule has 2 rings (SSSR count). The summed E-state index contributed by atoms with van der Waals surface area (Å²) in [6, 6.07) is 5.95. The zero-order valence-corrected chi connectivity index (χ0v) is 13.9. The number of nitrogens with zero attached hydrogens (tertiary/aromatic N) is 2. The fourth-order valence-corrected chi connectivity index (χ4v) is 2.14. The Morgan fingerprint density at radius 2 is 2.04 bits per heavy atom. The molecule has 1 aromatic heterocycles. The zero-order chi connectivity index (χ0) is 17.9. The number of hydrogen-bond donors (Lipinski definition) is 3. The molecular weight excluding hydrogens is 393 g/mol. The molecule has 0 amide bonds. The second kappa shape index (κ2) is 7.04. The molecule has 6 nitrogen and oxygen atoms in total. The first-order chi connectivity index (χ1) is 11.2. The standard InChI is InChI=1S/C14H12BrF3N4O2/c1-7-8(15)3-2-4-9(7)20-11-5-10(14(16,17)18)21-13(22-11)19-6-12(23)24/h2-5H,6H2,1H3,(H,23,24)(H2,19,20,21,22). The van der Waals surface area contributed by atoms with Gasteiger partial charge in [0.1, 0.15) is 12.4 Å². The number of carboxylic acid groups (broad SMARTS) is 1. The van der Waals surface area contributed by atoms with Crippen molar-refractivity contribution < 1.29 is 23.1 Å². The van der Waals surface area contributed by atoms with E-state index < -0.39 is 30.3 Å². The third-order valence-electron chi connectivity index (χ3n) is 2.94. The van der Waals surface area contributed by atoms with Crippen molar-refractivity contribution in [3.05, 3.63) is 40.0 Å². The number of alkyl halides is 3. The van der Waals surface area contributed by atoms with Gasteiger partial charge in [0.15, 0.2) is 5.69 Å². The Kier molecular flexibility index (Phi) is 5.27. The highest BCUT2D eigenvalue weighted by molar-refractivity contribution is 9.10. The van der Waals surface area contributed by atoms with E-state index in [9.17, 15) is 18.0 Å². The molecule has 0 aliphatic heterocycles. The topological polar surface area (TPSA) is 87.1 Å². The quantitative estimate of drug-likeness (QED) is 0.702. The van der Waals surface area contributed by atoms with Crippen LogP contribution in [0.25, 0.3) is 0 Å². The molecule has 10 heteroatoms. The fraction of sp³-hybridized carbons (Fsp3) is 0.214. The maximum Gasteiger partial charge on any atom is 0.433 e.